The Bertz CT molecular complexity index is 3810. The zero-order valence-electron chi connectivity index (χ0n) is 42.3. The molecule has 0 spiro atoms. The molecule has 2 nitrogen and oxygen atoms in total. The Labute approximate surface area is 441 Å². The van der Waals surface area contributed by atoms with Crippen molar-refractivity contribution < 1.29 is 0 Å². The molecule has 13 rings (SSSR count). The molecule has 0 saturated heterocycles. The summed E-state index contributed by atoms with van der Waals surface area (Å²) in [7, 11) is 0. The molecule has 1 aromatic heterocycles. The Morgan fingerprint density at radius 1 is 0.473 bits per heavy atom. The van der Waals surface area contributed by atoms with E-state index in [2.05, 4.69) is 278 Å². The molecule has 1 heterocycles. The first kappa shape index (κ1) is 46.6. The maximum atomic E-state index is 7.52. The zero-order chi connectivity index (χ0) is 50.3. The summed E-state index contributed by atoms with van der Waals surface area (Å²) >= 11 is 7.52. The Morgan fingerprint density at radius 3 is 1.72 bits per heavy atom. The minimum absolute atomic E-state index is 0.0117. The van der Waals surface area contributed by atoms with Gasteiger partial charge < -0.3 is 9.47 Å². The van der Waals surface area contributed by atoms with Gasteiger partial charge in [0.05, 0.1) is 16.6 Å². The van der Waals surface area contributed by atoms with Crippen molar-refractivity contribution >= 4 is 50.7 Å². The first-order valence-corrected chi connectivity index (χ1v) is 26.4. The fourth-order valence-electron chi connectivity index (χ4n) is 12.4. The number of fused-ring (bicyclic) bond motifs is 6. The molecule has 0 N–H and O–H groups in total. The molecular formula is C71H57ClN2. The summed E-state index contributed by atoms with van der Waals surface area (Å²) in [6.07, 6.45) is 0.818. The topological polar surface area (TPSA) is 8.17 Å². The summed E-state index contributed by atoms with van der Waals surface area (Å²) in [5.74, 6) is 0.0117. The van der Waals surface area contributed by atoms with E-state index < -0.39 is 5.41 Å². The lowest BCUT2D eigenvalue weighted by Crippen LogP contribution is -2.28. The third kappa shape index (κ3) is 7.72. The van der Waals surface area contributed by atoms with E-state index in [0.717, 1.165) is 29.2 Å². The summed E-state index contributed by atoms with van der Waals surface area (Å²) < 4.78 is 2.48. The minimum Gasteiger partial charge on any atom is -0.310 e. The van der Waals surface area contributed by atoms with Crippen LogP contribution in [0.15, 0.2) is 255 Å². The van der Waals surface area contributed by atoms with E-state index in [1.165, 1.54) is 94.5 Å². The van der Waals surface area contributed by atoms with Gasteiger partial charge in [0.25, 0.3) is 0 Å². The van der Waals surface area contributed by atoms with Crippen LogP contribution in [0.25, 0.3) is 50.0 Å². The van der Waals surface area contributed by atoms with Crippen LogP contribution in [0.4, 0.5) is 17.1 Å². The van der Waals surface area contributed by atoms with Crippen LogP contribution in [0.5, 0.6) is 0 Å². The smallest absolute Gasteiger partial charge is 0.0713 e. The monoisotopic (exact) mass is 972 g/mol. The Morgan fingerprint density at radius 2 is 1.03 bits per heavy atom. The van der Waals surface area contributed by atoms with Gasteiger partial charge in [-0.3, -0.25) is 0 Å². The molecule has 0 bridgehead atoms. The summed E-state index contributed by atoms with van der Waals surface area (Å²) in [5, 5.41) is 1.99. The van der Waals surface area contributed by atoms with Crippen molar-refractivity contribution in [1.29, 1.82) is 0 Å². The zero-order valence-corrected chi connectivity index (χ0v) is 43.1. The van der Waals surface area contributed by atoms with Crippen LogP contribution in [0.3, 0.4) is 0 Å². The maximum absolute atomic E-state index is 7.52. The van der Waals surface area contributed by atoms with Gasteiger partial charge in [0.1, 0.15) is 0 Å². The fourth-order valence-corrected chi connectivity index (χ4v) is 12.6. The lowest BCUT2D eigenvalue weighted by atomic mass is 9.68. The van der Waals surface area contributed by atoms with Gasteiger partial charge in [0, 0.05) is 39.1 Å². The molecule has 2 aliphatic carbocycles. The van der Waals surface area contributed by atoms with Gasteiger partial charge in [0.2, 0.25) is 0 Å². The van der Waals surface area contributed by atoms with Crippen molar-refractivity contribution in [2.45, 2.75) is 45.4 Å². The van der Waals surface area contributed by atoms with Crippen molar-refractivity contribution in [3.8, 4) is 27.9 Å². The predicted molar refractivity (Wildman–Crippen MR) is 314 cm³/mol. The minimum atomic E-state index is -0.502. The number of aromatic nitrogens is 1. The molecule has 0 radical (unpaired) electrons. The van der Waals surface area contributed by atoms with Crippen LogP contribution in [0, 0.1) is 6.92 Å². The molecule has 1 atom stereocenters. The molecule has 10 aromatic carbocycles. The molecule has 0 saturated carbocycles. The van der Waals surface area contributed by atoms with Crippen LogP contribution < -0.4 is 4.90 Å². The van der Waals surface area contributed by atoms with E-state index in [0.29, 0.717) is 5.02 Å². The third-order valence-corrected chi connectivity index (χ3v) is 15.7. The lowest BCUT2D eigenvalue weighted by molar-refractivity contribution is 0.768. The van der Waals surface area contributed by atoms with Crippen LogP contribution in [0.2, 0.25) is 5.02 Å². The molecule has 0 fully saturated rings. The van der Waals surface area contributed by atoms with Gasteiger partial charge in [0.15, 0.2) is 0 Å². The number of halogens is 1. The Balaban J connectivity index is 0.00000275. The first-order chi connectivity index (χ1) is 36.5. The highest BCUT2D eigenvalue weighted by molar-refractivity contribution is 6.31. The van der Waals surface area contributed by atoms with Crippen molar-refractivity contribution in [3.63, 3.8) is 0 Å². The standard InChI is InChI=1S/C69H51ClN2.C2H6/c1-46-21-15-16-30-58(46)67-47(2)68-63(60-32-18-20-34-66(60)72(68)54-28-13-6-14-29-54)45-61(67)50-41-53(70)43-57(42-50)71(55-37-35-49(36-38-55)48-22-7-3-8-23-48)56-39-40-65-62(44-56)59-31-17-19-33-64(59)69(65,51-24-9-4-10-25-51)52-26-11-5-12-27-52;1-2/h3-44,61H,45H2,1-2H3;1-2H3. The third-order valence-electron chi connectivity index (χ3n) is 15.4. The molecule has 3 heteroatoms. The van der Waals surface area contributed by atoms with E-state index in [9.17, 15) is 0 Å². The summed E-state index contributed by atoms with van der Waals surface area (Å²) in [6.45, 7) is 8.58. The second kappa shape index (κ2) is 19.5. The number of hydrogen-bond donors (Lipinski definition) is 0. The van der Waals surface area contributed by atoms with Gasteiger partial charge in [-0.1, -0.05) is 220 Å². The second-order valence-electron chi connectivity index (χ2n) is 19.4. The second-order valence-corrected chi connectivity index (χ2v) is 19.8. The highest BCUT2D eigenvalue weighted by Crippen LogP contribution is 2.58. The number of para-hydroxylation sites is 2. The van der Waals surface area contributed by atoms with Gasteiger partial charge in [-0.25, -0.2) is 0 Å². The molecule has 358 valence electrons. The maximum Gasteiger partial charge on any atom is 0.0713 e. The van der Waals surface area contributed by atoms with Gasteiger partial charge in [-0.2, -0.15) is 0 Å². The van der Waals surface area contributed by atoms with E-state index in [1.54, 1.807) is 0 Å². The van der Waals surface area contributed by atoms with Crippen LogP contribution in [-0.4, -0.2) is 4.57 Å². The van der Waals surface area contributed by atoms with Crippen molar-refractivity contribution in [3.05, 3.63) is 310 Å². The molecule has 2 aliphatic rings. The van der Waals surface area contributed by atoms with Gasteiger partial charge in [-0.15, -0.1) is 0 Å². The van der Waals surface area contributed by atoms with Crippen LogP contribution in [0.1, 0.15) is 76.9 Å². The predicted octanol–water partition coefficient (Wildman–Crippen LogP) is 19.4. The molecule has 1 unspecified atom stereocenters. The van der Waals surface area contributed by atoms with E-state index in [1.807, 2.05) is 13.8 Å². The van der Waals surface area contributed by atoms with Gasteiger partial charge >= 0.3 is 0 Å². The summed E-state index contributed by atoms with van der Waals surface area (Å²) in [5.41, 5.74) is 23.8. The van der Waals surface area contributed by atoms with Crippen LogP contribution in [-0.2, 0) is 11.8 Å². The van der Waals surface area contributed by atoms with E-state index in [4.69, 9.17) is 11.6 Å². The van der Waals surface area contributed by atoms with Crippen molar-refractivity contribution in [2.75, 3.05) is 4.90 Å². The average molecular weight is 974 g/mol. The number of anilines is 3. The Kier molecular flexibility index (Phi) is 12.3. The highest BCUT2D eigenvalue weighted by atomic mass is 35.5. The molecule has 0 amide bonds. The number of rotatable bonds is 9. The summed E-state index contributed by atoms with van der Waals surface area (Å²) in [4.78, 5) is 2.41. The largest absolute Gasteiger partial charge is 0.310 e. The fraction of sp³-hybridized carbons (Fsp3) is 0.0986. The number of aryl methyl sites for hydroxylation is 1. The first-order valence-electron chi connectivity index (χ1n) is 26.0. The van der Waals surface area contributed by atoms with Crippen molar-refractivity contribution in [2.24, 2.45) is 0 Å². The molecular weight excluding hydrogens is 916 g/mol. The number of nitrogens with zero attached hydrogens (tertiary/aromatic N) is 2. The normalized spacial score (nSPS) is 14.1. The average Bonchev–Trinajstić information content (AvgIpc) is 3.97. The van der Waals surface area contributed by atoms with Gasteiger partial charge in [-0.05, 0) is 159 Å². The van der Waals surface area contributed by atoms with E-state index >= 15 is 0 Å². The lowest BCUT2D eigenvalue weighted by Gasteiger charge is -2.34. The molecule has 0 aliphatic heterocycles. The molecule has 11 aromatic rings. The molecule has 74 heavy (non-hydrogen) atoms. The quantitative estimate of drug-likeness (QED) is 0.140. The van der Waals surface area contributed by atoms with Crippen LogP contribution >= 0.6 is 11.6 Å². The van der Waals surface area contributed by atoms with E-state index in [-0.39, 0.29) is 5.92 Å². The number of benzene rings is 10. The Hall–Kier alpha value is -8.43. The summed E-state index contributed by atoms with van der Waals surface area (Å²) in [6, 6.07) is 93.2. The SMILES string of the molecule is CC.CC1=C(c2ccccc2C)C(c2cc(Cl)cc(N(c3ccc(-c4ccccc4)cc3)c3ccc4c(c3)-c3ccccc3C4(c3ccccc3)c3ccccc3)c2)Cc2c1n(-c1ccccc1)c1ccccc21. The number of allylic oxidation sites excluding steroid dienone is 2. The number of hydrogen-bond acceptors (Lipinski definition) is 1. The van der Waals surface area contributed by atoms with Crippen molar-refractivity contribution in [1.82, 2.24) is 4.57 Å². The highest BCUT2D eigenvalue weighted by Gasteiger charge is 2.46.